The number of carbonyl (C=O) groups excluding carboxylic acids is 8. The van der Waals surface area contributed by atoms with Crippen LogP contribution in [-0.2, 0) is 46.5 Å². The highest BCUT2D eigenvalue weighted by molar-refractivity contribution is 6.02. The zero-order valence-corrected chi connectivity index (χ0v) is 40.6. The zero-order valence-electron chi connectivity index (χ0n) is 40.6. The van der Waals surface area contributed by atoms with Crippen molar-refractivity contribution in [2.75, 3.05) is 32.7 Å². The fraction of sp³-hybridized carbons (Fsp3) is 0.490. The van der Waals surface area contributed by atoms with Crippen LogP contribution in [0.25, 0.3) is 11.1 Å². The van der Waals surface area contributed by atoms with Crippen molar-refractivity contribution in [3.8, 4) is 11.1 Å². The third kappa shape index (κ3) is 16.7. The Morgan fingerprint density at radius 1 is 0.746 bits per heavy atom. The van der Waals surface area contributed by atoms with E-state index in [9.17, 15) is 43.5 Å². The zero-order chi connectivity index (χ0) is 52.1. The summed E-state index contributed by atoms with van der Waals surface area (Å²) < 4.78 is 0. The van der Waals surface area contributed by atoms with Crippen LogP contribution in [0.4, 0.5) is 0 Å². The summed E-state index contributed by atoms with van der Waals surface area (Å²) in [4.78, 5) is 116. The molecule has 1 fully saturated rings. The van der Waals surface area contributed by atoms with Gasteiger partial charge in [0.1, 0.15) is 53.8 Å². The minimum atomic E-state index is -1.76. The van der Waals surface area contributed by atoms with E-state index in [1.165, 1.54) is 13.1 Å². The van der Waals surface area contributed by atoms with Gasteiger partial charge in [-0.1, -0.05) is 74.5 Å². The highest BCUT2D eigenvalue weighted by Crippen LogP contribution is 2.26. The molecule has 1 aliphatic rings. The van der Waals surface area contributed by atoms with Crippen LogP contribution in [-0.4, -0.2) is 138 Å². The Morgan fingerprint density at radius 2 is 1.34 bits per heavy atom. The van der Waals surface area contributed by atoms with E-state index in [0.29, 0.717) is 23.0 Å². The second-order valence-corrected chi connectivity index (χ2v) is 18.0. The van der Waals surface area contributed by atoms with Crippen LogP contribution in [0.5, 0.6) is 0 Å². The van der Waals surface area contributed by atoms with E-state index < -0.39 is 95.8 Å². The molecule has 0 radical (unpaired) electrons. The van der Waals surface area contributed by atoms with Crippen molar-refractivity contribution in [3.63, 3.8) is 0 Å². The maximum absolute atomic E-state index is 14.4. The van der Waals surface area contributed by atoms with Crippen molar-refractivity contribution < 1.29 is 43.5 Å². The number of hydrogen-bond donors (Lipinski definition) is 13. The average Bonchev–Trinajstić information content (AvgIpc) is 3.34. The Bertz CT molecular complexity index is 2280. The van der Waals surface area contributed by atoms with Crippen molar-refractivity contribution >= 4 is 47.6 Å². The van der Waals surface area contributed by atoms with Crippen LogP contribution in [0.3, 0.4) is 0 Å². The van der Waals surface area contributed by atoms with Gasteiger partial charge in [-0.2, -0.15) is 0 Å². The molecule has 0 aliphatic carbocycles. The number of aliphatic hydroxyl groups is 1. The molecule has 386 valence electrons. The molecule has 8 atom stereocenters. The summed E-state index contributed by atoms with van der Waals surface area (Å²) >= 11 is 0. The minimum absolute atomic E-state index is 0.0504. The van der Waals surface area contributed by atoms with Gasteiger partial charge in [-0.25, -0.2) is 0 Å². The first-order chi connectivity index (χ1) is 34.0. The standard InChI is InChI=1S/C49H71N13O9/c1-29(2)24-38-44(67)58-36(16-20-51)46(69)62-49(28-63,18-21-52)27-56-40(30(3)64)47(70)55-23-17-37(59-48(71)41-34(14-9-22-54-41)33-13-8-7-12-32(33)26-53)43(66)57-35(15-19-50)42(65)61-39(45(68)60-38)25-31-10-5-4-6-11-31/h4-14,22,28-30,35-40,56,64H,15-21,23-27,50-53H2,1-3H3,(H,55,70)(H,57,66)(H,58,67)(H,59,71)(H,60,68)(H,61,65)(H,62,69)/t30-,35+,36+,37+,38+,39-,40+,49-/m1/s1. The molecule has 0 bridgehead atoms. The molecule has 1 aromatic heterocycles. The minimum Gasteiger partial charge on any atom is -0.391 e. The summed E-state index contributed by atoms with van der Waals surface area (Å²) in [6.45, 7) is 4.14. The Hall–Kier alpha value is -6.69. The summed E-state index contributed by atoms with van der Waals surface area (Å²) in [5.41, 5.74) is 24.4. The lowest BCUT2D eigenvalue weighted by Gasteiger charge is -2.33. The lowest BCUT2D eigenvalue weighted by molar-refractivity contribution is -0.135. The van der Waals surface area contributed by atoms with Crippen LogP contribution in [0.15, 0.2) is 72.9 Å². The topological polar surface area (TPSA) is 370 Å². The number of benzene rings is 2. The molecule has 4 rings (SSSR count). The quantitative estimate of drug-likeness (QED) is 0.0660. The molecule has 3 aromatic rings. The van der Waals surface area contributed by atoms with Crippen LogP contribution < -0.4 is 65.5 Å². The lowest BCUT2D eigenvalue weighted by Crippen LogP contribution is -2.64. The summed E-state index contributed by atoms with van der Waals surface area (Å²) in [6.07, 6.45) is -0.0898. The number of carbonyl (C=O) groups is 8. The SMILES string of the molecule is CC(C)C[C@@H]1NC(=O)[C@@H](Cc2ccccc2)NC(=O)[C@H](CCN)NC(=O)[C@@H](NC(=O)c2ncccc2-c2ccccc2CN)CCNC(=O)[C@H]([C@@H](C)O)NC[C@@](C=O)(CCN)NC(=O)[C@H](CCN)NC1=O. The van der Waals surface area contributed by atoms with Gasteiger partial charge in [0.2, 0.25) is 35.4 Å². The van der Waals surface area contributed by atoms with Gasteiger partial charge in [-0.3, -0.25) is 38.5 Å². The van der Waals surface area contributed by atoms with Crippen LogP contribution in [0, 0.1) is 5.92 Å². The number of aromatic nitrogens is 1. The van der Waals surface area contributed by atoms with Crippen molar-refractivity contribution in [1.29, 1.82) is 0 Å². The second-order valence-electron chi connectivity index (χ2n) is 18.0. The molecule has 0 unspecified atom stereocenters. The monoisotopic (exact) mass is 986 g/mol. The van der Waals surface area contributed by atoms with Gasteiger partial charge in [0.05, 0.1) is 6.10 Å². The van der Waals surface area contributed by atoms with Crippen LogP contribution >= 0.6 is 0 Å². The van der Waals surface area contributed by atoms with Gasteiger partial charge in [0.25, 0.3) is 5.91 Å². The van der Waals surface area contributed by atoms with Crippen molar-refractivity contribution in [1.82, 2.24) is 47.5 Å². The number of aliphatic hydroxyl groups excluding tert-OH is 1. The second kappa shape index (κ2) is 28.2. The molecule has 0 spiro atoms. The van der Waals surface area contributed by atoms with Crippen molar-refractivity contribution in [2.45, 2.75) is 114 Å². The fourth-order valence-corrected chi connectivity index (χ4v) is 8.12. The van der Waals surface area contributed by atoms with E-state index >= 15 is 0 Å². The summed E-state index contributed by atoms with van der Waals surface area (Å²) in [5, 5.41) is 32.5. The Morgan fingerprint density at radius 3 is 1.97 bits per heavy atom. The molecule has 22 nitrogen and oxygen atoms in total. The largest absolute Gasteiger partial charge is 0.391 e. The first-order valence-electron chi connectivity index (χ1n) is 23.9. The highest BCUT2D eigenvalue weighted by atomic mass is 16.3. The Labute approximate surface area is 413 Å². The molecule has 7 amide bonds. The van der Waals surface area contributed by atoms with Crippen LogP contribution in [0.1, 0.15) is 74.5 Å². The molecule has 2 aromatic carbocycles. The van der Waals surface area contributed by atoms with E-state index in [0.717, 1.165) is 5.56 Å². The normalized spacial score (nSPS) is 24.0. The van der Waals surface area contributed by atoms with E-state index in [1.54, 1.807) is 66.7 Å². The number of rotatable bonds is 16. The summed E-state index contributed by atoms with van der Waals surface area (Å²) in [7, 11) is 0. The third-order valence-electron chi connectivity index (χ3n) is 11.9. The Kier molecular flexibility index (Phi) is 22.6. The van der Waals surface area contributed by atoms with E-state index in [4.69, 9.17) is 22.9 Å². The molecule has 0 saturated carbocycles. The van der Waals surface area contributed by atoms with E-state index in [-0.39, 0.29) is 82.9 Å². The van der Waals surface area contributed by atoms with Crippen molar-refractivity contribution in [2.24, 2.45) is 28.9 Å². The van der Waals surface area contributed by atoms with Gasteiger partial charge < -0.3 is 75.4 Å². The lowest BCUT2D eigenvalue weighted by atomic mass is 9.94. The average molecular weight is 986 g/mol. The molecule has 1 aliphatic heterocycles. The summed E-state index contributed by atoms with van der Waals surface area (Å²) in [5.74, 6) is -5.73. The molecule has 71 heavy (non-hydrogen) atoms. The number of amides is 7. The van der Waals surface area contributed by atoms with E-state index in [2.05, 4.69) is 47.5 Å². The molecular formula is C49H71N13O9. The van der Waals surface area contributed by atoms with Crippen LogP contribution in [0.2, 0.25) is 0 Å². The van der Waals surface area contributed by atoms with Gasteiger partial charge in [0, 0.05) is 37.8 Å². The molecule has 22 heteroatoms. The number of nitrogens with two attached hydrogens (primary N) is 4. The third-order valence-corrected chi connectivity index (χ3v) is 11.9. The van der Waals surface area contributed by atoms with Gasteiger partial charge in [-0.05, 0) is 87.3 Å². The number of aldehydes is 1. The molecule has 17 N–H and O–H groups in total. The molecular weight excluding hydrogens is 915 g/mol. The fourth-order valence-electron chi connectivity index (χ4n) is 8.12. The number of hydrogen-bond acceptors (Lipinski definition) is 15. The maximum Gasteiger partial charge on any atom is 0.271 e. The maximum atomic E-state index is 14.4. The Balaban J connectivity index is 1.81. The van der Waals surface area contributed by atoms with E-state index in [1.807, 2.05) is 13.8 Å². The molecule has 2 heterocycles. The number of nitrogens with zero attached hydrogens (tertiary/aromatic N) is 1. The van der Waals surface area contributed by atoms with Gasteiger partial charge >= 0.3 is 0 Å². The first kappa shape index (κ1) is 56.9. The predicted octanol–water partition coefficient (Wildman–Crippen LogP) is -2.51. The van der Waals surface area contributed by atoms with Gasteiger partial charge in [-0.15, -0.1) is 0 Å². The summed E-state index contributed by atoms with van der Waals surface area (Å²) in [6, 6.07) is 11.1. The van der Waals surface area contributed by atoms with Gasteiger partial charge in [0.15, 0.2) is 0 Å². The number of pyridine rings is 1. The first-order valence-corrected chi connectivity index (χ1v) is 23.9. The predicted molar refractivity (Wildman–Crippen MR) is 265 cm³/mol. The highest BCUT2D eigenvalue weighted by Gasteiger charge is 2.38. The van der Waals surface area contributed by atoms with Crippen molar-refractivity contribution in [3.05, 3.63) is 89.7 Å². The number of nitrogens with one attached hydrogen (secondary N) is 8. The molecule has 1 saturated heterocycles. The smallest absolute Gasteiger partial charge is 0.271 e.